The van der Waals surface area contributed by atoms with E-state index in [1.54, 1.807) is 12.1 Å². The van der Waals surface area contributed by atoms with E-state index in [1.165, 1.54) is 13.4 Å². The summed E-state index contributed by atoms with van der Waals surface area (Å²) in [5.41, 5.74) is 1.87. The summed E-state index contributed by atoms with van der Waals surface area (Å²) < 4.78 is 5.09. The van der Waals surface area contributed by atoms with Crippen molar-refractivity contribution in [1.82, 2.24) is 9.97 Å². The Labute approximate surface area is 122 Å². The minimum absolute atomic E-state index is 0.0718. The van der Waals surface area contributed by atoms with Crippen molar-refractivity contribution in [2.45, 2.75) is 6.54 Å². The molecule has 0 unspecified atom stereocenters. The van der Waals surface area contributed by atoms with Gasteiger partial charge in [-0.3, -0.25) is 0 Å². The molecule has 3 rings (SSSR count). The number of nitrogens with zero attached hydrogens (tertiary/aromatic N) is 2. The fourth-order valence-corrected chi connectivity index (χ4v) is 2.16. The maximum Gasteiger partial charge on any atom is 0.162 e. The summed E-state index contributed by atoms with van der Waals surface area (Å²) >= 11 is 0. The lowest BCUT2D eigenvalue weighted by atomic mass is 10.2. The van der Waals surface area contributed by atoms with Gasteiger partial charge in [-0.2, -0.15) is 0 Å². The third-order valence-electron chi connectivity index (χ3n) is 3.24. The van der Waals surface area contributed by atoms with Crippen molar-refractivity contribution >= 4 is 16.7 Å². The van der Waals surface area contributed by atoms with E-state index in [1.807, 2.05) is 30.3 Å². The Hall–Kier alpha value is -2.82. The standard InChI is InChI=1S/C16H15N3O2/c1-21-15-8-13-12(7-14(15)20)16(19-10-18-13)17-9-11-5-3-2-4-6-11/h2-8,10,20H,9H2,1H3,(H,17,18,19). The van der Waals surface area contributed by atoms with Crippen LogP contribution in [0.2, 0.25) is 0 Å². The molecule has 0 radical (unpaired) electrons. The lowest BCUT2D eigenvalue weighted by Crippen LogP contribution is -2.02. The molecule has 0 amide bonds. The number of methoxy groups -OCH3 is 1. The van der Waals surface area contributed by atoms with Gasteiger partial charge in [-0.1, -0.05) is 30.3 Å². The summed E-state index contributed by atoms with van der Waals surface area (Å²) in [7, 11) is 1.51. The zero-order valence-electron chi connectivity index (χ0n) is 11.6. The number of benzene rings is 2. The third kappa shape index (κ3) is 2.72. The molecular formula is C16H15N3O2. The number of rotatable bonds is 4. The molecule has 0 bridgehead atoms. The number of phenolic OH excluding ortho intramolecular Hbond substituents is 1. The Morgan fingerprint density at radius 1 is 1.14 bits per heavy atom. The molecule has 0 aliphatic heterocycles. The molecule has 106 valence electrons. The molecule has 2 aromatic carbocycles. The zero-order valence-corrected chi connectivity index (χ0v) is 11.6. The van der Waals surface area contributed by atoms with Gasteiger partial charge in [0.15, 0.2) is 11.5 Å². The van der Waals surface area contributed by atoms with Crippen LogP contribution in [0.4, 0.5) is 5.82 Å². The second-order valence-electron chi connectivity index (χ2n) is 4.60. The van der Waals surface area contributed by atoms with Crippen LogP contribution in [0.25, 0.3) is 10.9 Å². The molecule has 0 aliphatic rings. The van der Waals surface area contributed by atoms with Crippen LogP contribution in [0.15, 0.2) is 48.8 Å². The lowest BCUT2D eigenvalue weighted by molar-refractivity contribution is 0.374. The average Bonchev–Trinajstić information content (AvgIpc) is 2.53. The van der Waals surface area contributed by atoms with Crippen LogP contribution in [0.1, 0.15) is 5.56 Å². The molecule has 1 aromatic heterocycles. The fraction of sp³-hybridized carbons (Fsp3) is 0.125. The van der Waals surface area contributed by atoms with Crippen LogP contribution < -0.4 is 10.1 Å². The van der Waals surface area contributed by atoms with Gasteiger partial charge in [-0.25, -0.2) is 9.97 Å². The monoisotopic (exact) mass is 281 g/mol. The van der Waals surface area contributed by atoms with E-state index in [9.17, 15) is 5.11 Å². The predicted octanol–water partition coefficient (Wildman–Crippen LogP) is 2.96. The van der Waals surface area contributed by atoms with Gasteiger partial charge >= 0.3 is 0 Å². The molecule has 21 heavy (non-hydrogen) atoms. The maximum atomic E-state index is 9.91. The maximum absolute atomic E-state index is 9.91. The molecule has 0 saturated heterocycles. The van der Waals surface area contributed by atoms with Gasteiger partial charge in [0.05, 0.1) is 12.6 Å². The van der Waals surface area contributed by atoms with Crippen LogP contribution >= 0.6 is 0 Å². The third-order valence-corrected chi connectivity index (χ3v) is 3.24. The van der Waals surface area contributed by atoms with Gasteiger partial charge in [0, 0.05) is 18.0 Å². The molecule has 0 saturated carbocycles. The quantitative estimate of drug-likeness (QED) is 0.769. The fourth-order valence-electron chi connectivity index (χ4n) is 2.16. The van der Waals surface area contributed by atoms with E-state index >= 15 is 0 Å². The summed E-state index contributed by atoms with van der Waals surface area (Å²) in [6.07, 6.45) is 1.49. The molecule has 5 heteroatoms. The van der Waals surface area contributed by atoms with Gasteiger partial charge in [0.1, 0.15) is 12.1 Å². The molecular weight excluding hydrogens is 266 g/mol. The van der Waals surface area contributed by atoms with E-state index in [4.69, 9.17) is 4.74 Å². The van der Waals surface area contributed by atoms with E-state index in [0.717, 1.165) is 16.5 Å². The van der Waals surface area contributed by atoms with Gasteiger partial charge in [0.25, 0.3) is 0 Å². The number of ether oxygens (including phenoxy) is 1. The summed E-state index contributed by atoms with van der Waals surface area (Å²) in [6.45, 7) is 0.653. The van der Waals surface area contributed by atoms with Crippen LogP contribution in [0, 0.1) is 0 Å². The zero-order chi connectivity index (χ0) is 14.7. The number of aromatic hydroxyl groups is 1. The molecule has 0 spiro atoms. The Morgan fingerprint density at radius 3 is 2.71 bits per heavy atom. The molecule has 2 N–H and O–H groups in total. The van der Waals surface area contributed by atoms with E-state index in [-0.39, 0.29) is 5.75 Å². The summed E-state index contributed by atoms with van der Waals surface area (Å²) in [6, 6.07) is 13.3. The van der Waals surface area contributed by atoms with Crippen LogP contribution in [0.3, 0.4) is 0 Å². The Balaban J connectivity index is 1.93. The summed E-state index contributed by atoms with van der Waals surface area (Å²) in [5, 5.41) is 13.9. The number of anilines is 1. The Bertz CT molecular complexity index is 760. The molecule has 1 heterocycles. The van der Waals surface area contributed by atoms with E-state index in [2.05, 4.69) is 15.3 Å². The van der Waals surface area contributed by atoms with Crippen molar-refractivity contribution in [3.05, 3.63) is 54.4 Å². The minimum Gasteiger partial charge on any atom is -0.504 e. The van der Waals surface area contributed by atoms with Gasteiger partial charge in [0.2, 0.25) is 0 Å². The summed E-state index contributed by atoms with van der Waals surface area (Å²) in [5.74, 6) is 1.15. The molecule has 3 aromatic rings. The largest absolute Gasteiger partial charge is 0.504 e. The van der Waals surface area contributed by atoms with Gasteiger partial charge in [-0.05, 0) is 11.6 Å². The van der Waals surface area contributed by atoms with Crippen molar-refractivity contribution in [2.24, 2.45) is 0 Å². The van der Waals surface area contributed by atoms with E-state index in [0.29, 0.717) is 18.1 Å². The van der Waals surface area contributed by atoms with Crippen LogP contribution in [-0.4, -0.2) is 22.2 Å². The number of phenols is 1. The topological polar surface area (TPSA) is 67.3 Å². The highest BCUT2D eigenvalue weighted by Crippen LogP contribution is 2.32. The first-order valence-electron chi connectivity index (χ1n) is 6.57. The molecule has 5 nitrogen and oxygen atoms in total. The first-order chi connectivity index (χ1) is 10.3. The predicted molar refractivity (Wildman–Crippen MR) is 81.5 cm³/mol. The smallest absolute Gasteiger partial charge is 0.162 e. The van der Waals surface area contributed by atoms with E-state index < -0.39 is 0 Å². The normalized spacial score (nSPS) is 10.5. The second kappa shape index (κ2) is 5.66. The molecule has 0 fully saturated rings. The highest BCUT2D eigenvalue weighted by Gasteiger charge is 2.09. The second-order valence-corrected chi connectivity index (χ2v) is 4.60. The first kappa shape index (κ1) is 13.2. The minimum atomic E-state index is 0.0718. The number of nitrogens with one attached hydrogen (secondary N) is 1. The molecule has 0 atom stereocenters. The average molecular weight is 281 g/mol. The highest BCUT2D eigenvalue weighted by molar-refractivity contribution is 5.91. The van der Waals surface area contributed by atoms with Crippen LogP contribution in [0.5, 0.6) is 11.5 Å². The Kier molecular flexibility index (Phi) is 3.55. The van der Waals surface area contributed by atoms with Crippen molar-refractivity contribution in [2.75, 3.05) is 12.4 Å². The SMILES string of the molecule is COc1cc2ncnc(NCc3ccccc3)c2cc1O. The number of hydrogen-bond donors (Lipinski definition) is 2. The van der Waals surface area contributed by atoms with Crippen LogP contribution in [-0.2, 0) is 6.54 Å². The number of hydrogen-bond acceptors (Lipinski definition) is 5. The number of aromatic nitrogens is 2. The Morgan fingerprint density at radius 2 is 1.95 bits per heavy atom. The lowest BCUT2D eigenvalue weighted by Gasteiger charge is -2.10. The highest BCUT2D eigenvalue weighted by atomic mass is 16.5. The van der Waals surface area contributed by atoms with Crippen molar-refractivity contribution in [3.8, 4) is 11.5 Å². The number of fused-ring (bicyclic) bond motifs is 1. The van der Waals surface area contributed by atoms with Gasteiger partial charge in [-0.15, -0.1) is 0 Å². The van der Waals surface area contributed by atoms with Crippen molar-refractivity contribution in [3.63, 3.8) is 0 Å². The molecule has 0 aliphatic carbocycles. The first-order valence-corrected chi connectivity index (χ1v) is 6.57. The van der Waals surface area contributed by atoms with Crippen molar-refractivity contribution < 1.29 is 9.84 Å². The summed E-state index contributed by atoms with van der Waals surface area (Å²) in [4.78, 5) is 8.45. The van der Waals surface area contributed by atoms with Crippen molar-refractivity contribution in [1.29, 1.82) is 0 Å². The van der Waals surface area contributed by atoms with Gasteiger partial charge < -0.3 is 15.2 Å².